The first kappa shape index (κ1) is 16.2. The molecule has 0 saturated carbocycles. The van der Waals surface area contributed by atoms with E-state index in [9.17, 15) is 4.39 Å². The molecule has 3 heteroatoms. The van der Waals surface area contributed by atoms with Gasteiger partial charge in [-0.1, -0.05) is 60.7 Å². The Morgan fingerprint density at radius 1 is 0.913 bits per heavy atom. The van der Waals surface area contributed by atoms with Crippen molar-refractivity contribution in [2.45, 2.75) is 19.5 Å². The van der Waals surface area contributed by atoms with Gasteiger partial charge in [0.15, 0.2) is 0 Å². The lowest BCUT2D eigenvalue weighted by molar-refractivity contribution is 0.121. The molecule has 1 aliphatic rings. The number of nitrogens with one attached hydrogen (secondary N) is 1. The minimum atomic E-state index is -0.250. The smallest absolute Gasteiger partial charge is 0.0975 e. The van der Waals surface area contributed by atoms with Crippen LogP contribution in [0.4, 0.5) is 4.39 Å². The first-order chi connectivity index (χ1) is 11.3. The van der Waals surface area contributed by atoms with Gasteiger partial charge in [0, 0.05) is 31.6 Å². The summed E-state index contributed by atoms with van der Waals surface area (Å²) in [4.78, 5) is 2.39. The average molecular weight is 312 g/mol. The van der Waals surface area contributed by atoms with Gasteiger partial charge >= 0.3 is 0 Å². The van der Waals surface area contributed by atoms with Crippen LogP contribution in [0.15, 0.2) is 60.7 Å². The van der Waals surface area contributed by atoms with Gasteiger partial charge in [0.05, 0.1) is 6.67 Å². The van der Waals surface area contributed by atoms with E-state index in [0.29, 0.717) is 0 Å². The predicted octanol–water partition coefficient (Wildman–Crippen LogP) is 3.64. The molecule has 1 saturated heterocycles. The molecule has 0 radical (unpaired) electrons. The second-order valence-electron chi connectivity index (χ2n) is 6.68. The topological polar surface area (TPSA) is 15.3 Å². The monoisotopic (exact) mass is 312 g/mol. The minimum Gasteiger partial charge on any atom is -0.316 e. The lowest BCUT2D eigenvalue weighted by Crippen LogP contribution is -2.40. The van der Waals surface area contributed by atoms with E-state index < -0.39 is 0 Å². The van der Waals surface area contributed by atoms with Crippen LogP contribution < -0.4 is 5.32 Å². The molecule has 0 amide bonds. The molecular weight excluding hydrogens is 287 g/mol. The van der Waals surface area contributed by atoms with Gasteiger partial charge in [-0.15, -0.1) is 0 Å². The number of hydrogen-bond donors (Lipinski definition) is 1. The van der Waals surface area contributed by atoms with Crippen molar-refractivity contribution in [3.05, 3.63) is 71.8 Å². The fourth-order valence-corrected chi connectivity index (χ4v) is 3.41. The fourth-order valence-electron chi connectivity index (χ4n) is 3.41. The highest BCUT2D eigenvalue weighted by molar-refractivity contribution is 5.17. The molecule has 0 spiro atoms. The third-order valence-electron chi connectivity index (χ3n) is 4.67. The average Bonchev–Trinajstić information content (AvgIpc) is 3.06. The third kappa shape index (κ3) is 4.40. The van der Waals surface area contributed by atoms with Crippen LogP contribution >= 0.6 is 0 Å². The normalized spacial score (nSPS) is 21.0. The predicted molar refractivity (Wildman–Crippen MR) is 92.9 cm³/mol. The Kier molecular flexibility index (Phi) is 5.42. The molecule has 2 aromatic rings. The standard InChI is InChI=1S/C20H25FN2/c21-15-20(11-12-22-16-20)17-23(13-18-7-3-1-4-8-18)14-19-9-5-2-6-10-19/h1-10,22H,11-17H2/t20-/m0/s1. The highest BCUT2D eigenvalue weighted by atomic mass is 19.1. The Labute approximate surface area is 138 Å². The summed E-state index contributed by atoms with van der Waals surface area (Å²) in [5.74, 6) is 0. The van der Waals surface area contributed by atoms with E-state index in [1.807, 2.05) is 12.1 Å². The Morgan fingerprint density at radius 3 is 1.91 bits per heavy atom. The molecule has 1 aliphatic heterocycles. The number of hydrogen-bond acceptors (Lipinski definition) is 2. The lowest BCUT2D eigenvalue weighted by Gasteiger charge is -2.33. The van der Waals surface area contributed by atoms with E-state index >= 15 is 0 Å². The van der Waals surface area contributed by atoms with Crippen molar-refractivity contribution in [2.24, 2.45) is 5.41 Å². The zero-order valence-electron chi connectivity index (χ0n) is 13.5. The van der Waals surface area contributed by atoms with E-state index in [-0.39, 0.29) is 12.1 Å². The molecule has 23 heavy (non-hydrogen) atoms. The minimum absolute atomic E-state index is 0.233. The maximum Gasteiger partial charge on any atom is 0.0975 e. The zero-order valence-corrected chi connectivity index (χ0v) is 13.5. The van der Waals surface area contributed by atoms with Gasteiger partial charge in [-0.05, 0) is 24.1 Å². The number of alkyl halides is 1. The maximum atomic E-state index is 13.7. The van der Waals surface area contributed by atoms with Crippen molar-refractivity contribution in [1.29, 1.82) is 0 Å². The van der Waals surface area contributed by atoms with Crippen molar-refractivity contribution in [1.82, 2.24) is 10.2 Å². The highest BCUT2D eigenvalue weighted by Crippen LogP contribution is 2.28. The highest BCUT2D eigenvalue weighted by Gasteiger charge is 2.35. The summed E-state index contributed by atoms with van der Waals surface area (Å²) >= 11 is 0. The first-order valence-corrected chi connectivity index (χ1v) is 8.37. The van der Waals surface area contributed by atoms with Gasteiger partial charge in [0.2, 0.25) is 0 Å². The molecule has 1 atom stereocenters. The summed E-state index contributed by atoms with van der Waals surface area (Å²) in [7, 11) is 0. The van der Waals surface area contributed by atoms with Crippen LogP contribution in [0, 0.1) is 5.41 Å². The van der Waals surface area contributed by atoms with Gasteiger partial charge in [0.25, 0.3) is 0 Å². The van der Waals surface area contributed by atoms with E-state index in [0.717, 1.165) is 39.1 Å². The Hall–Kier alpha value is -1.71. The summed E-state index contributed by atoms with van der Waals surface area (Å²) in [6.45, 7) is 3.97. The lowest BCUT2D eigenvalue weighted by atomic mass is 9.88. The molecule has 2 nitrogen and oxygen atoms in total. The zero-order chi connectivity index (χ0) is 16.0. The van der Waals surface area contributed by atoms with Gasteiger partial charge in [-0.2, -0.15) is 0 Å². The summed E-state index contributed by atoms with van der Waals surface area (Å²) in [6.07, 6.45) is 0.920. The molecule has 2 aromatic carbocycles. The molecule has 0 aliphatic carbocycles. The van der Waals surface area contributed by atoms with Crippen molar-refractivity contribution in [3.8, 4) is 0 Å². The van der Waals surface area contributed by atoms with Crippen molar-refractivity contribution in [2.75, 3.05) is 26.3 Å². The van der Waals surface area contributed by atoms with E-state index in [1.165, 1.54) is 11.1 Å². The molecule has 0 aromatic heterocycles. The summed E-state index contributed by atoms with van der Waals surface area (Å²) in [5, 5.41) is 3.33. The number of halogens is 1. The van der Waals surface area contributed by atoms with Crippen molar-refractivity contribution in [3.63, 3.8) is 0 Å². The summed E-state index contributed by atoms with van der Waals surface area (Å²) in [6, 6.07) is 20.9. The Bertz CT molecular complexity index is 538. The van der Waals surface area contributed by atoms with Crippen molar-refractivity contribution < 1.29 is 4.39 Å². The second-order valence-corrected chi connectivity index (χ2v) is 6.68. The third-order valence-corrected chi connectivity index (χ3v) is 4.67. The number of benzene rings is 2. The van der Waals surface area contributed by atoms with Crippen LogP contribution in [0.1, 0.15) is 17.5 Å². The Morgan fingerprint density at radius 2 is 1.48 bits per heavy atom. The summed E-state index contributed by atoms with van der Waals surface area (Å²) in [5.41, 5.74) is 2.33. The van der Waals surface area contributed by atoms with Gasteiger partial charge < -0.3 is 5.32 Å². The largest absolute Gasteiger partial charge is 0.316 e. The fraction of sp³-hybridized carbons (Fsp3) is 0.400. The maximum absolute atomic E-state index is 13.7. The van der Waals surface area contributed by atoms with Crippen LogP contribution in [0.2, 0.25) is 0 Å². The SMILES string of the molecule is FC[C@@]1(CN(Cc2ccccc2)Cc2ccccc2)CCNC1. The molecule has 1 fully saturated rings. The van der Waals surface area contributed by atoms with Crippen LogP contribution in [-0.2, 0) is 13.1 Å². The molecule has 1 N–H and O–H groups in total. The van der Waals surface area contributed by atoms with Crippen molar-refractivity contribution >= 4 is 0 Å². The summed E-state index contributed by atoms with van der Waals surface area (Å²) < 4.78 is 13.7. The number of nitrogens with zero attached hydrogens (tertiary/aromatic N) is 1. The Balaban J connectivity index is 1.75. The van der Waals surface area contributed by atoms with Crippen LogP contribution in [0.3, 0.4) is 0 Å². The molecule has 122 valence electrons. The van der Waals surface area contributed by atoms with E-state index in [1.54, 1.807) is 0 Å². The molecule has 0 unspecified atom stereocenters. The van der Waals surface area contributed by atoms with E-state index in [4.69, 9.17) is 0 Å². The van der Waals surface area contributed by atoms with Crippen LogP contribution in [0.25, 0.3) is 0 Å². The van der Waals surface area contributed by atoms with Crippen LogP contribution in [-0.4, -0.2) is 31.2 Å². The van der Waals surface area contributed by atoms with Gasteiger partial charge in [-0.3, -0.25) is 9.29 Å². The van der Waals surface area contributed by atoms with Crippen LogP contribution in [0.5, 0.6) is 0 Å². The molecule has 0 bridgehead atoms. The number of rotatable bonds is 7. The second kappa shape index (κ2) is 7.71. The first-order valence-electron chi connectivity index (χ1n) is 8.37. The molecular formula is C20H25FN2. The quantitative estimate of drug-likeness (QED) is 0.840. The van der Waals surface area contributed by atoms with E-state index in [2.05, 4.69) is 58.7 Å². The molecule has 1 heterocycles. The van der Waals surface area contributed by atoms with Gasteiger partial charge in [0.1, 0.15) is 0 Å². The molecule has 3 rings (SSSR count). The van der Waals surface area contributed by atoms with Gasteiger partial charge in [-0.25, -0.2) is 0 Å².